The summed E-state index contributed by atoms with van der Waals surface area (Å²) in [7, 11) is 6.10. The van der Waals surface area contributed by atoms with Gasteiger partial charge in [0.25, 0.3) is 5.91 Å². The van der Waals surface area contributed by atoms with Crippen molar-refractivity contribution in [3.05, 3.63) is 53.7 Å². The molecule has 0 atom stereocenters. The Morgan fingerprint density at radius 1 is 1.00 bits per heavy atom. The molecule has 32 heavy (non-hydrogen) atoms. The van der Waals surface area contributed by atoms with Crippen LogP contribution in [-0.2, 0) is 4.79 Å². The predicted molar refractivity (Wildman–Crippen MR) is 119 cm³/mol. The van der Waals surface area contributed by atoms with Crippen LogP contribution in [0.25, 0.3) is 17.3 Å². The normalized spacial score (nSPS) is 10.8. The minimum Gasteiger partial charge on any atom is -0.497 e. The maximum atomic E-state index is 12.8. The van der Waals surface area contributed by atoms with Crippen LogP contribution in [0, 0.1) is 11.3 Å². The molecule has 3 aromatic rings. The molecule has 0 aliphatic heterocycles. The first-order valence-corrected chi connectivity index (χ1v) is 9.45. The van der Waals surface area contributed by atoms with E-state index in [0.29, 0.717) is 39.9 Å². The molecule has 164 valence electrons. The molecule has 2 N–H and O–H groups in total. The third-order valence-electron chi connectivity index (χ3n) is 4.66. The first-order chi connectivity index (χ1) is 15.5. The van der Waals surface area contributed by atoms with Gasteiger partial charge < -0.3 is 24.3 Å². The van der Waals surface area contributed by atoms with E-state index in [-0.39, 0.29) is 5.57 Å². The highest BCUT2D eigenvalue weighted by Gasteiger charge is 2.16. The van der Waals surface area contributed by atoms with Crippen molar-refractivity contribution in [3.63, 3.8) is 0 Å². The van der Waals surface area contributed by atoms with Crippen LogP contribution in [-0.4, -0.2) is 44.5 Å². The first kappa shape index (κ1) is 22.2. The number of nitrogens with one attached hydrogen (secondary N) is 2. The molecule has 1 amide bonds. The number of carbonyl (C=O) groups excluding carboxylic acids is 1. The highest BCUT2D eigenvalue weighted by Crippen LogP contribution is 2.33. The van der Waals surface area contributed by atoms with Crippen LogP contribution in [0.1, 0.15) is 5.56 Å². The summed E-state index contributed by atoms with van der Waals surface area (Å²) in [5, 5.41) is 19.3. The van der Waals surface area contributed by atoms with Crippen LogP contribution >= 0.6 is 0 Å². The minimum absolute atomic E-state index is 0.113. The van der Waals surface area contributed by atoms with Crippen molar-refractivity contribution in [3.8, 4) is 40.3 Å². The molecular weight excluding hydrogens is 412 g/mol. The zero-order valence-corrected chi connectivity index (χ0v) is 18.1. The topological polar surface area (TPSA) is 118 Å². The van der Waals surface area contributed by atoms with Crippen LogP contribution in [0.2, 0.25) is 0 Å². The number of aromatic nitrogens is 2. The average Bonchev–Trinajstić information content (AvgIpc) is 3.30. The molecule has 0 aliphatic carbocycles. The Kier molecular flexibility index (Phi) is 6.98. The summed E-state index contributed by atoms with van der Waals surface area (Å²) < 4.78 is 21.1. The van der Waals surface area contributed by atoms with Crippen LogP contribution in [0.5, 0.6) is 23.0 Å². The molecular formula is C23H22N4O5. The van der Waals surface area contributed by atoms with Crippen molar-refractivity contribution in [1.29, 1.82) is 5.26 Å². The maximum Gasteiger partial charge on any atom is 0.266 e. The Labute approximate surface area is 185 Å². The number of aromatic amines is 1. The lowest BCUT2D eigenvalue weighted by Gasteiger charge is -2.11. The number of nitriles is 1. The number of hydrogen-bond acceptors (Lipinski definition) is 7. The number of hydrogen-bond donors (Lipinski definition) is 2. The molecule has 0 spiro atoms. The van der Waals surface area contributed by atoms with Crippen molar-refractivity contribution in [2.24, 2.45) is 0 Å². The minimum atomic E-state index is -0.599. The van der Waals surface area contributed by atoms with Crippen molar-refractivity contribution >= 4 is 17.7 Å². The Bertz CT molecular complexity index is 1190. The van der Waals surface area contributed by atoms with Gasteiger partial charge in [0.05, 0.1) is 46.0 Å². The van der Waals surface area contributed by atoms with Gasteiger partial charge in [-0.1, -0.05) is 0 Å². The largest absolute Gasteiger partial charge is 0.497 e. The summed E-state index contributed by atoms with van der Waals surface area (Å²) >= 11 is 0. The summed E-state index contributed by atoms with van der Waals surface area (Å²) in [4.78, 5) is 12.8. The van der Waals surface area contributed by atoms with E-state index in [1.165, 1.54) is 26.5 Å². The Balaban J connectivity index is 1.93. The number of carbonyl (C=O) groups is 1. The van der Waals surface area contributed by atoms with E-state index in [1.807, 2.05) is 12.1 Å². The Morgan fingerprint density at radius 3 is 2.38 bits per heavy atom. The molecule has 0 saturated heterocycles. The van der Waals surface area contributed by atoms with E-state index in [1.54, 1.807) is 44.6 Å². The lowest BCUT2D eigenvalue weighted by atomic mass is 10.1. The molecule has 0 aliphatic rings. The number of ether oxygens (including phenoxy) is 4. The number of anilines is 1. The van der Waals surface area contributed by atoms with E-state index in [4.69, 9.17) is 18.9 Å². The van der Waals surface area contributed by atoms with Gasteiger partial charge in [0, 0.05) is 17.2 Å². The molecule has 2 aromatic carbocycles. The first-order valence-electron chi connectivity index (χ1n) is 9.45. The molecule has 3 rings (SSSR count). The molecule has 0 saturated carbocycles. The fraction of sp³-hybridized carbons (Fsp3) is 0.174. The number of nitrogens with zero attached hydrogens (tertiary/aromatic N) is 2. The lowest BCUT2D eigenvalue weighted by molar-refractivity contribution is -0.112. The van der Waals surface area contributed by atoms with E-state index < -0.39 is 5.91 Å². The van der Waals surface area contributed by atoms with Crippen molar-refractivity contribution in [2.45, 2.75) is 0 Å². The van der Waals surface area contributed by atoms with Gasteiger partial charge in [-0.15, -0.1) is 0 Å². The summed E-state index contributed by atoms with van der Waals surface area (Å²) in [6.45, 7) is 0. The van der Waals surface area contributed by atoms with Gasteiger partial charge in [0.15, 0.2) is 11.5 Å². The molecule has 9 nitrogen and oxygen atoms in total. The van der Waals surface area contributed by atoms with Gasteiger partial charge >= 0.3 is 0 Å². The second-order valence-corrected chi connectivity index (χ2v) is 6.46. The number of H-pyrrole nitrogens is 1. The van der Waals surface area contributed by atoms with Gasteiger partial charge in [-0.3, -0.25) is 9.89 Å². The Hall–Kier alpha value is -4.45. The van der Waals surface area contributed by atoms with Crippen LogP contribution < -0.4 is 24.3 Å². The predicted octanol–water partition coefficient (Wildman–Crippen LogP) is 3.66. The summed E-state index contributed by atoms with van der Waals surface area (Å²) in [6.07, 6.45) is 2.99. The zero-order valence-electron chi connectivity index (χ0n) is 18.1. The second kappa shape index (κ2) is 10.0. The molecule has 1 aromatic heterocycles. The van der Waals surface area contributed by atoms with Crippen LogP contribution in [0.4, 0.5) is 5.69 Å². The van der Waals surface area contributed by atoms with Crippen LogP contribution in [0.15, 0.2) is 48.2 Å². The lowest BCUT2D eigenvalue weighted by Crippen LogP contribution is -2.14. The maximum absolute atomic E-state index is 12.8. The highest BCUT2D eigenvalue weighted by molar-refractivity contribution is 6.10. The molecule has 0 fully saturated rings. The fourth-order valence-corrected chi connectivity index (χ4v) is 3.03. The summed E-state index contributed by atoms with van der Waals surface area (Å²) in [6, 6.07) is 12.3. The third kappa shape index (κ3) is 4.65. The number of amides is 1. The van der Waals surface area contributed by atoms with Gasteiger partial charge in [-0.25, -0.2) is 0 Å². The van der Waals surface area contributed by atoms with E-state index in [9.17, 15) is 10.1 Å². The quantitative estimate of drug-likeness (QED) is 0.410. The van der Waals surface area contributed by atoms with Gasteiger partial charge in [0.2, 0.25) is 0 Å². The van der Waals surface area contributed by atoms with E-state index in [2.05, 4.69) is 15.5 Å². The molecule has 0 radical (unpaired) electrons. The SMILES string of the molecule is COc1ccc(OC)c(NC(=O)/C(C#N)=C/c2cn[nH]c2-c2ccc(OC)c(OC)c2)c1. The van der Waals surface area contributed by atoms with Crippen molar-refractivity contribution in [1.82, 2.24) is 10.2 Å². The second-order valence-electron chi connectivity index (χ2n) is 6.46. The van der Waals surface area contributed by atoms with Crippen molar-refractivity contribution < 1.29 is 23.7 Å². The monoisotopic (exact) mass is 434 g/mol. The van der Waals surface area contributed by atoms with Gasteiger partial charge in [-0.05, 0) is 36.4 Å². The van der Waals surface area contributed by atoms with Crippen LogP contribution in [0.3, 0.4) is 0 Å². The van der Waals surface area contributed by atoms with E-state index in [0.717, 1.165) is 5.56 Å². The molecule has 9 heteroatoms. The number of benzene rings is 2. The van der Waals surface area contributed by atoms with E-state index >= 15 is 0 Å². The van der Waals surface area contributed by atoms with Crippen molar-refractivity contribution in [2.75, 3.05) is 33.8 Å². The summed E-state index contributed by atoms with van der Waals surface area (Å²) in [5.41, 5.74) is 2.19. The zero-order chi connectivity index (χ0) is 23.1. The fourth-order valence-electron chi connectivity index (χ4n) is 3.03. The molecule has 0 unspecified atom stereocenters. The smallest absolute Gasteiger partial charge is 0.266 e. The molecule has 0 bridgehead atoms. The van der Waals surface area contributed by atoms with Gasteiger partial charge in [0.1, 0.15) is 23.1 Å². The summed E-state index contributed by atoms with van der Waals surface area (Å²) in [5.74, 6) is 1.49. The Morgan fingerprint density at radius 2 is 1.72 bits per heavy atom. The third-order valence-corrected chi connectivity index (χ3v) is 4.66. The number of rotatable bonds is 8. The van der Waals surface area contributed by atoms with Gasteiger partial charge in [-0.2, -0.15) is 10.4 Å². The number of methoxy groups -OCH3 is 4. The average molecular weight is 434 g/mol. The molecule has 1 heterocycles. The standard InChI is InChI=1S/C23H22N4O5/c1-29-17-6-8-19(30-2)18(11-17)26-23(28)15(12-24)9-16-13-25-27-22(16)14-5-7-20(31-3)21(10-14)32-4/h5-11,13H,1-4H3,(H,25,27)(H,26,28)/b15-9+. The highest BCUT2D eigenvalue weighted by atomic mass is 16.5.